The second kappa shape index (κ2) is 4.64. The molecule has 0 aliphatic rings. The fourth-order valence-corrected chi connectivity index (χ4v) is 1.93. The molecule has 18 heavy (non-hydrogen) atoms. The van der Waals surface area contributed by atoms with Crippen LogP contribution in [0.4, 0.5) is 0 Å². The van der Waals surface area contributed by atoms with Gasteiger partial charge in [0.2, 0.25) is 0 Å². The Morgan fingerprint density at radius 1 is 1.11 bits per heavy atom. The molecule has 0 aliphatic heterocycles. The molecular weight excluding hydrogens is 226 g/mol. The molecule has 0 saturated carbocycles. The number of aryl methyl sites for hydroxylation is 2. The van der Waals surface area contributed by atoms with Crippen LogP contribution in [0.25, 0.3) is 5.82 Å². The first-order chi connectivity index (χ1) is 8.50. The summed E-state index contributed by atoms with van der Waals surface area (Å²) in [6, 6.07) is 7.78. The molecule has 4 heteroatoms. The third-order valence-electron chi connectivity index (χ3n) is 2.90. The summed E-state index contributed by atoms with van der Waals surface area (Å²) in [5, 5.41) is 0. The van der Waals surface area contributed by atoms with E-state index in [9.17, 15) is 4.79 Å². The molecule has 0 radical (unpaired) electrons. The third-order valence-corrected chi connectivity index (χ3v) is 2.90. The Hall–Kier alpha value is -2.10. The maximum absolute atomic E-state index is 11.8. The van der Waals surface area contributed by atoms with Gasteiger partial charge in [-0.2, -0.15) is 0 Å². The SMILES string of the molecule is Cc1ccc(C)n1-c1ccc(C(=O)N(C)C)cn1. The first kappa shape index (κ1) is 12.4. The van der Waals surface area contributed by atoms with Gasteiger partial charge in [0.15, 0.2) is 0 Å². The van der Waals surface area contributed by atoms with Crippen molar-refractivity contribution < 1.29 is 4.79 Å². The van der Waals surface area contributed by atoms with Gasteiger partial charge in [-0.25, -0.2) is 4.98 Å². The predicted molar refractivity (Wildman–Crippen MR) is 71.1 cm³/mol. The summed E-state index contributed by atoms with van der Waals surface area (Å²) < 4.78 is 2.06. The summed E-state index contributed by atoms with van der Waals surface area (Å²) in [4.78, 5) is 17.7. The third kappa shape index (κ3) is 2.14. The lowest BCUT2D eigenvalue weighted by Crippen LogP contribution is -2.21. The van der Waals surface area contributed by atoms with Gasteiger partial charge in [-0.3, -0.25) is 4.79 Å². The fraction of sp³-hybridized carbons (Fsp3) is 0.286. The van der Waals surface area contributed by atoms with Gasteiger partial charge in [0.25, 0.3) is 5.91 Å². The van der Waals surface area contributed by atoms with E-state index in [1.807, 2.05) is 26.0 Å². The molecule has 0 aliphatic carbocycles. The van der Waals surface area contributed by atoms with Crippen LogP contribution in [0.2, 0.25) is 0 Å². The normalized spacial score (nSPS) is 10.4. The lowest BCUT2D eigenvalue weighted by molar-refractivity contribution is 0.0827. The highest BCUT2D eigenvalue weighted by Gasteiger charge is 2.10. The first-order valence-corrected chi connectivity index (χ1v) is 5.83. The van der Waals surface area contributed by atoms with Crippen molar-refractivity contribution >= 4 is 5.91 Å². The van der Waals surface area contributed by atoms with Gasteiger partial charge >= 0.3 is 0 Å². The van der Waals surface area contributed by atoms with Crippen LogP contribution in [0.1, 0.15) is 21.7 Å². The minimum Gasteiger partial charge on any atom is -0.345 e. The van der Waals surface area contributed by atoms with Crippen molar-refractivity contribution in [3.8, 4) is 5.82 Å². The zero-order chi connectivity index (χ0) is 13.3. The Labute approximate surface area is 107 Å². The monoisotopic (exact) mass is 243 g/mol. The van der Waals surface area contributed by atoms with Crippen molar-refractivity contribution in [2.24, 2.45) is 0 Å². The molecule has 94 valence electrons. The van der Waals surface area contributed by atoms with Crippen molar-refractivity contribution in [2.45, 2.75) is 13.8 Å². The summed E-state index contributed by atoms with van der Waals surface area (Å²) in [6.45, 7) is 4.07. The van der Waals surface area contributed by atoms with E-state index in [4.69, 9.17) is 0 Å². The maximum Gasteiger partial charge on any atom is 0.254 e. The number of hydrogen-bond donors (Lipinski definition) is 0. The molecule has 0 N–H and O–H groups in total. The summed E-state index contributed by atoms with van der Waals surface area (Å²) in [7, 11) is 3.47. The van der Waals surface area contributed by atoms with Gasteiger partial charge < -0.3 is 9.47 Å². The van der Waals surface area contributed by atoms with Crippen LogP contribution < -0.4 is 0 Å². The van der Waals surface area contributed by atoms with Crippen molar-refractivity contribution in [1.29, 1.82) is 0 Å². The standard InChI is InChI=1S/C14H17N3O/c1-10-5-6-11(2)17(10)13-8-7-12(9-15-13)14(18)16(3)4/h5-9H,1-4H3. The number of amides is 1. The lowest BCUT2D eigenvalue weighted by Gasteiger charge is -2.11. The molecule has 0 fully saturated rings. The molecule has 4 nitrogen and oxygen atoms in total. The summed E-state index contributed by atoms with van der Waals surface area (Å²) in [5.74, 6) is 0.806. The maximum atomic E-state index is 11.8. The van der Waals surface area contributed by atoms with Gasteiger partial charge in [-0.15, -0.1) is 0 Å². The Morgan fingerprint density at radius 3 is 2.17 bits per heavy atom. The van der Waals surface area contributed by atoms with Crippen molar-refractivity contribution in [3.05, 3.63) is 47.4 Å². The molecule has 2 aromatic rings. The zero-order valence-electron chi connectivity index (χ0n) is 11.1. The number of aromatic nitrogens is 2. The van der Waals surface area contributed by atoms with Gasteiger partial charge in [-0.05, 0) is 38.1 Å². The van der Waals surface area contributed by atoms with Gasteiger partial charge in [0.1, 0.15) is 5.82 Å². The Bertz CT molecular complexity index is 548. The smallest absolute Gasteiger partial charge is 0.254 e. The van der Waals surface area contributed by atoms with Crippen LogP contribution >= 0.6 is 0 Å². The van der Waals surface area contributed by atoms with E-state index in [0.29, 0.717) is 5.56 Å². The first-order valence-electron chi connectivity index (χ1n) is 5.83. The topological polar surface area (TPSA) is 38.1 Å². The van der Waals surface area contributed by atoms with Crippen molar-refractivity contribution in [2.75, 3.05) is 14.1 Å². The molecular formula is C14H17N3O. The molecule has 2 rings (SSSR count). The number of carbonyl (C=O) groups is 1. The lowest BCUT2D eigenvalue weighted by atomic mass is 10.2. The summed E-state index contributed by atoms with van der Waals surface area (Å²) >= 11 is 0. The minimum absolute atomic E-state index is 0.0324. The molecule has 0 atom stereocenters. The molecule has 0 unspecified atom stereocenters. The van der Waals surface area contributed by atoms with E-state index in [1.54, 1.807) is 25.2 Å². The Balaban J connectivity index is 2.37. The minimum atomic E-state index is -0.0324. The van der Waals surface area contributed by atoms with Gasteiger partial charge in [0.05, 0.1) is 5.56 Å². The zero-order valence-corrected chi connectivity index (χ0v) is 11.1. The van der Waals surface area contributed by atoms with Gasteiger partial charge in [0, 0.05) is 31.7 Å². The average molecular weight is 243 g/mol. The number of rotatable bonds is 2. The van der Waals surface area contributed by atoms with Crippen LogP contribution in [-0.4, -0.2) is 34.5 Å². The highest BCUT2D eigenvalue weighted by Crippen LogP contribution is 2.14. The van der Waals surface area contributed by atoms with Crippen LogP contribution in [-0.2, 0) is 0 Å². The molecule has 0 saturated heterocycles. The van der Waals surface area contributed by atoms with Crippen molar-refractivity contribution in [1.82, 2.24) is 14.5 Å². The second-order valence-corrected chi connectivity index (χ2v) is 4.56. The molecule has 2 aromatic heterocycles. The van der Waals surface area contributed by atoms with E-state index in [2.05, 4.69) is 21.7 Å². The van der Waals surface area contributed by atoms with E-state index in [1.165, 1.54) is 0 Å². The molecule has 0 spiro atoms. The predicted octanol–water partition coefficient (Wildman–Crippen LogP) is 2.19. The molecule has 1 amide bonds. The fourth-order valence-electron chi connectivity index (χ4n) is 1.93. The number of hydrogen-bond acceptors (Lipinski definition) is 2. The van der Waals surface area contributed by atoms with Crippen LogP contribution in [0.3, 0.4) is 0 Å². The quantitative estimate of drug-likeness (QED) is 0.811. The second-order valence-electron chi connectivity index (χ2n) is 4.56. The van der Waals surface area contributed by atoms with E-state index >= 15 is 0 Å². The molecule has 2 heterocycles. The summed E-state index contributed by atoms with van der Waals surface area (Å²) in [6.07, 6.45) is 1.62. The number of nitrogens with zero attached hydrogens (tertiary/aromatic N) is 3. The largest absolute Gasteiger partial charge is 0.345 e. The van der Waals surface area contributed by atoms with E-state index in [-0.39, 0.29) is 5.91 Å². The van der Waals surface area contributed by atoms with E-state index < -0.39 is 0 Å². The van der Waals surface area contributed by atoms with Crippen LogP contribution in [0, 0.1) is 13.8 Å². The van der Waals surface area contributed by atoms with Crippen molar-refractivity contribution in [3.63, 3.8) is 0 Å². The number of pyridine rings is 1. The molecule has 0 bridgehead atoms. The van der Waals surface area contributed by atoms with Crippen LogP contribution in [0.15, 0.2) is 30.5 Å². The highest BCUT2D eigenvalue weighted by atomic mass is 16.2. The Morgan fingerprint density at radius 2 is 1.72 bits per heavy atom. The Kier molecular flexibility index (Phi) is 3.19. The number of carbonyl (C=O) groups excluding carboxylic acids is 1. The van der Waals surface area contributed by atoms with Gasteiger partial charge in [-0.1, -0.05) is 0 Å². The average Bonchev–Trinajstić information content (AvgIpc) is 2.68. The highest BCUT2D eigenvalue weighted by molar-refractivity contribution is 5.93. The summed E-state index contributed by atoms with van der Waals surface area (Å²) in [5.41, 5.74) is 2.87. The van der Waals surface area contributed by atoms with Crippen LogP contribution in [0.5, 0.6) is 0 Å². The van der Waals surface area contributed by atoms with E-state index in [0.717, 1.165) is 17.2 Å². The molecule has 0 aromatic carbocycles.